The van der Waals surface area contributed by atoms with E-state index >= 15 is 0 Å². The molecule has 2 aliphatic heterocycles. The second-order valence-corrected chi connectivity index (χ2v) is 4.16. The summed E-state index contributed by atoms with van der Waals surface area (Å²) < 4.78 is 0. The lowest BCUT2D eigenvalue weighted by Crippen LogP contribution is -1.92. The van der Waals surface area contributed by atoms with Crippen molar-refractivity contribution < 1.29 is 0 Å². The summed E-state index contributed by atoms with van der Waals surface area (Å²) in [5.74, 6) is 0. The Kier molecular flexibility index (Phi) is 1.43. The van der Waals surface area contributed by atoms with Gasteiger partial charge in [-0.25, -0.2) is 0 Å². The molecule has 0 N–H and O–H groups in total. The minimum atomic E-state index is 1.02. The van der Waals surface area contributed by atoms with Crippen molar-refractivity contribution in [3.05, 3.63) is 23.3 Å². The normalized spacial score (nSPS) is 17.6. The van der Waals surface area contributed by atoms with Gasteiger partial charge in [-0.2, -0.15) is 0 Å². The zero-order valence-corrected chi connectivity index (χ0v) is 8.46. The first-order chi connectivity index (χ1) is 6.72. The zero-order chi connectivity index (χ0) is 9.71. The Morgan fingerprint density at radius 3 is 1.86 bits per heavy atom. The van der Waals surface area contributed by atoms with Crippen LogP contribution in [-0.2, 0) is 12.8 Å². The van der Waals surface area contributed by atoms with E-state index in [4.69, 9.17) is 0 Å². The van der Waals surface area contributed by atoms with Crippen LogP contribution in [0.15, 0.2) is 22.1 Å². The van der Waals surface area contributed by atoms with E-state index in [9.17, 15) is 0 Å². The molecular weight excluding hydrogens is 172 g/mol. The smallest absolute Gasteiger partial charge is 0.0686 e. The van der Waals surface area contributed by atoms with Crippen molar-refractivity contribution in [2.75, 3.05) is 0 Å². The second-order valence-electron chi connectivity index (χ2n) is 4.16. The van der Waals surface area contributed by atoms with Gasteiger partial charge in [0.25, 0.3) is 0 Å². The molecule has 2 heterocycles. The van der Waals surface area contributed by atoms with Crippen LogP contribution in [0, 0.1) is 0 Å². The van der Waals surface area contributed by atoms with Crippen LogP contribution in [-0.4, -0.2) is 11.4 Å². The van der Waals surface area contributed by atoms with Crippen LogP contribution >= 0.6 is 0 Å². The van der Waals surface area contributed by atoms with Gasteiger partial charge in [0.15, 0.2) is 0 Å². The number of hydrogen-bond donors (Lipinski definition) is 0. The average molecular weight is 184 g/mol. The molecule has 0 fully saturated rings. The molecule has 3 rings (SSSR count). The summed E-state index contributed by atoms with van der Waals surface area (Å²) in [6.07, 6.45) is 2.03. The molecule has 0 aliphatic carbocycles. The number of fused-ring (bicyclic) bond motifs is 2. The largest absolute Gasteiger partial charge is 0.257 e. The van der Waals surface area contributed by atoms with Gasteiger partial charge in [0.2, 0.25) is 0 Å². The summed E-state index contributed by atoms with van der Waals surface area (Å²) in [7, 11) is 0. The van der Waals surface area contributed by atoms with Gasteiger partial charge in [0.05, 0.1) is 11.4 Å². The lowest BCUT2D eigenvalue weighted by molar-refractivity contribution is 1.31. The maximum atomic E-state index is 4.50. The second kappa shape index (κ2) is 2.53. The molecule has 1 aromatic rings. The van der Waals surface area contributed by atoms with Gasteiger partial charge in [-0.1, -0.05) is 6.07 Å². The third-order valence-corrected chi connectivity index (χ3v) is 2.80. The Labute approximate surface area is 83.4 Å². The number of hydrogen-bond acceptors (Lipinski definition) is 2. The lowest BCUT2D eigenvalue weighted by Gasteiger charge is -2.01. The highest BCUT2D eigenvalue weighted by molar-refractivity contribution is 5.96. The minimum Gasteiger partial charge on any atom is -0.257 e. The fourth-order valence-electron chi connectivity index (χ4n) is 2.21. The van der Waals surface area contributed by atoms with Gasteiger partial charge in [-0.3, -0.25) is 9.98 Å². The van der Waals surface area contributed by atoms with Crippen molar-refractivity contribution in [1.29, 1.82) is 0 Å². The molecule has 2 nitrogen and oxygen atoms in total. The predicted molar refractivity (Wildman–Crippen MR) is 59.4 cm³/mol. The van der Waals surface area contributed by atoms with Crippen molar-refractivity contribution >= 4 is 22.8 Å². The minimum absolute atomic E-state index is 1.02. The van der Waals surface area contributed by atoms with Crippen LogP contribution in [0.3, 0.4) is 0 Å². The van der Waals surface area contributed by atoms with Crippen LogP contribution in [0.2, 0.25) is 0 Å². The lowest BCUT2D eigenvalue weighted by atomic mass is 10.0. The third-order valence-electron chi connectivity index (χ3n) is 2.80. The Hall–Kier alpha value is -1.44. The highest BCUT2D eigenvalue weighted by Crippen LogP contribution is 2.36. The van der Waals surface area contributed by atoms with Gasteiger partial charge in [0, 0.05) is 24.3 Å². The molecule has 2 heteroatoms. The Bertz CT molecular complexity index is 440. The summed E-state index contributed by atoms with van der Waals surface area (Å²) in [5, 5.41) is 0. The Morgan fingerprint density at radius 1 is 0.857 bits per heavy atom. The standard InChI is InChI=1S/C12H12N2/c1-7-3-9-5-10-4-8(2)14-12(10)6-11(9)13-7/h5-6H,3-4H2,1-2H3. The summed E-state index contributed by atoms with van der Waals surface area (Å²) in [6.45, 7) is 4.17. The summed E-state index contributed by atoms with van der Waals surface area (Å²) in [4.78, 5) is 9.00. The quantitative estimate of drug-likeness (QED) is 0.592. The van der Waals surface area contributed by atoms with Gasteiger partial charge in [-0.05, 0) is 31.0 Å². The van der Waals surface area contributed by atoms with Crippen LogP contribution < -0.4 is 0 Å². The third kappa shape index (κ3) is 1.03. The van der Waals surface area contributed by atoms with E-state index in [1.54, 1.807) is 0 Å². The molecule has 0 amide bonds. The molecule has 70 valence electrons. The van der Waals surface area contributed by atoms with E-state index in [2.05, 4.69) is 36.0 Å². The van der Waals surface area contributed by atoms with Gasteiger partial charge in [0.1, 0.15) is 0 Å². The molecule has 0 unspecified atom stereocenters. The van der Waals surface area contributed by atoms with Crippen molar-refractivity contribution in [3.63, 3.8) is 0 Å². The maximum absolute atomic E-state index is 4.50. The number of rotatable bonds is 0. The summed E-state index contributed by atoms with van der Waals surface area (Å²) >= 11 is 0. The van der Waals surface area contributed by atoms with Crippen molar-refractivity contribution in [3.8, 4) is 0 Å². The monoisotopic (exact) mass is 184 g/mol. The first kappa shape index (κ1) is 7.92. The van der Waals surface area contributed by atoms with Crippen LogP contribution in [0.1, 0.15) is 25.0 Å². The van der Waals surface area contributed by atoms with E-state index in [0.29, 0.717) is 0 Å². The van der Waals surface area contributed by atoms with E-state index in [1.165, 1.54) is 22.6 Å². The fraction of sp³-hybridized carbons (Fsp3) is 0.333. The van der Waals surface area contributed by atoms with Crippen molar-refractivity contribution in [2.45, 2.75) is 26.7 Å². The molecule has 2 aliphatic rings. The molecule has 0 aromatic heterocycles. The number of nitrogens with zero attached hydrogens (tertiary/aromatic N) is 2. The van der Waals surface area contributed by atoms with E-state index < -0.39 is 0 Å². The van der Waals surface area contributed by atoms with Crippen molar-refractivity contribution in [2.24, 2.45) is 9.98 Å². The van der Waals surface area contributed by atoms with Gasteiger partial charge < -0.3 is 0 Å². The molecular formula is C12H12N2. The van der Waals surface area contributed by atoms with E-state index in [-0.39, 0.29) is 0 Å². The number of aliphatic imine (C=N–C) groups is 2. The average Bonchev–Trinajstić information content (AvgIpc) is 2.59. The maximum Gasteiger partial charge on any atom is 0.0686 e. The Morgan fingerprint density at radius 2 is 1.36 bits per heavy atom. The van der Waals surface area contributed by atoms with E-state index in [0.717, 1.165) is 24.2 Å². The summed E-state index contributed by atoms with van der Waals surface area (Å²) in [5.41, 5.74) is 7.41. The number of benzene rings is 1. The molecule has 0 atom stereocenters. The Balaban J connectivity index is 2.16. The van der Waals surface area contributed by atoms with Crippen molar-refractivity contribution in [1.82, 2.24) is 0 Å². The topological polar surface area (TPSA) is 24.7 Å². The molecule has 1 aromatic carbocycles. The molecule has 0 bridgehead atoms. The molecule has 0 saturated carbocycles. The molecule has 0 saturated heterocycles. The first-order valence-corrected chi connectivity index (χ1v) is 4.96. The van der Waals surface area contributed by atoms with Crippen LogP contribution in [0.4, 0.5) is 11.4 Å². The van der Waals surface area contributed by atoms with Gasteiger partial charge in [-0.15, -0.1) is 0 Å². The van der Waals surface area contributed by atoms with Gasteiger partial charge >= 0.3 is 0 Å². The van der Waals surface area contributed by atoms with Crippen LogP contribution in [0.25, 0.3) is 0 Å². The molecule has 14 heavy (non-hydrogen) atoms. The SMILES string of the molecule is CC1=Nc2cc3c(cc2C1)CC(C)=N3. The fourth-order valence-corrected chi connectivity index (χ4v) is 2.21. The molecule has 0 spiro atoms. The zero-order valence-electron chi connectivity index (χ0n) is 8.46. The first-order valence-electron chi connectivity index (χ1n) is 4.96. The summed E-state index contributed by atoms with van der Waals surface area (Å²) in [6, 6.07) is 4.39. The molecule has 0 radical (unpaired) electrons. The highest BCUT2D eigenvalue weighted by atomic mass is 14.8. The van der Waals surface area contributed by atoms with Crippen LogP contribution in [0.5, 0.6) is 0 Å². The highest BCUT2D eigenvalue weighted by Gasteiger charge is 2.18. The predicted octanol–water partition coefficient (Wildman–Crippen LogP) is 2.98. The van der Waals surface area contributed by atoms with E-state index in [1.807, 2.05) is 0 Å².